The van der Waals surface area contributed by atoms with Gasteiger partial charge in [0.05, 0.1) is 0 Å². The molecule has 0 saturated carbocycles. The molecule has 0 fully saturated rings. The first-order chi connectivity index (χ1) is 7.88. The van der Waals surface area contributed by atoms with Gasteiger partial charge in [-0.25, -0.2) is 0 Å². The molecule has 2 nitrogen and oxygen atoms in total. The van der Waals surface area contributed by atoms with Crippen molar-refractivity contribution < 1.29 is 18.0 Å². The SMILES string of the molecule is CC(=O)N(CC(F)(F)F)SCc1ccccc1. The van der Waals surface area contributed by atoms with Crippen LogP contribution in [-0.2, 0) is 10.5 Å². The first-order valence-corrected chi connectivity index (χ1v) is 5.84. The fourth-order valence-electron chi connectivity index (χ4n) is 1.14. The van der Waals surface area contributed by atoms with E-state index in [-0.39, 0.29) is 0 Å². The van der Waals surface area contributed by atoms with Gasteiger partial charge < -0.3 is 0 Å². The normalized spacial score (nSPS) is 11.3. The Bertz CT molecular complexity index is 367. The molecule has 0 unspecified atom stereocenters. The molecule has 0 heterocycles. The topological polar surface area (TPSA) is 20.3 Å². The van der Waals surface area contributed by atoms with Crippen LogP contribution in [0, 0.1) is 0 Å². The lowest BCUT2D eigenvalue weighted by Crippen LogP contribution is -2.32. The predicted octanol–water partition coefficient (Wildman–Crippen LogP) is 3.25. The number of rotatable bonds is 4. The first-order valence-electron chi connectivity index (χ1n) is 4.90. The Hall–Kier alpha value is -1.17. The molecule has 0 spiro atoms. The summed E-state index contributed by atoms with van der Waals surface area (Å²) >= 11 is 0.873. The second-order valence-electron chi connectivity index (χ2n) is 3.43. The number of nitrogens with zero attached hydrogens (tertiary/aromatic N) is 1. The Kier molecular flexibility index (Phi) is 4.86. The molecule has 0 radical (unpaired) electrons. The van der Waals surface area contributed by atoms with Crippen LogP contribution in [0.2, 0.25) is 0 Å². The van der Waals surface area contributed by atoms with Crippen molar-refractivity contribution in [3.05, 3.63) is 35.9 Å². The molecule has 0 aliphatic heterocycles. The number of hydrogen-bond acceptors (Lipinski definition) is 2. The van der Waals surface area contributed by atoms with Crippen LogP contribution in [0.25, 0.3) is 0 Å². The molecule has 6 heteroatoms. The van der Waals surface area contributed by atoms with E-state index in [9.17, 15) is 18.0 Å². The van der Waals surface area contributed by atoms with Crippen molar-refractivity contribution in [2.75, 3.05) is 6.54 Å². The molecule has 0 aliphatic carbocycles. The molecule has 1 rings (SSSR count). The zero-order chi connectivity index (χ0) is 12.9. The van der Waals surface area contributed by atoms with Gasteiger partial charge in [-0.1, -0.05) is 30.3 Å². The van der Waals surface area contributed by atoms with Crippen molar-refractivity contribution >= 4 is 17.9 Å². The number of amides is 1. The second-order valence-corrected chi connectivity index (χ2v) is 4.42. The molecule has 0 N–H and O–H groups in total. The molecule has 0 saturated heterocycles. The Labute approximate surface area is 102 Å². The highest BCUT2D eigenvalue weighted by atomic mass is 32.2. The quantitative estimate of drug-likeness (QED) is 0.777. The molecule has 17 heavy (non-hydrogen) atoms. The zero-order valence-corrected chi connectivity index (χ0v) is 10.0. The predicted molar refractivity (Wildman–Crippen MR) is 61.2 cm³/mol. The Morgan fingerprint density at radius 2 is 1.88 bits per heavy atom. The Morgan fingerprint density at radius 1 is 1.29 bits per heavy atom. The molecule has 0 bridgehead atoms. The molecule has 0 aliphatic rings. The third kappa shape index (κ3) is 5.63. The minimum absolute atomic E-state index is 0.344. The largest absolute Gasteiger partial charge is 0.407 e. The standard InChI is InChI=1S/C11H12F3NOS/c1-9(16)15(8-11(12,13)14)17-7-10-5-3-2-4-6-10/h2-6H,7-8H2,1H3. The van der Waals surface area contributed by atoms with Gasteiger partial charge in [0, 0.05) is 12.7 Å². The Morgan fingerprint density at radius 3 is 2.35 bits per heavy atom. The smallest absolute Gasteiger partial charge is 0.277 e. The van der Waals surface area contributed by atoms with Gasteiger partial charge in [0.1, 0.15) is 6.54 Å². The van der Waals surface area contributed by atoms with Gasteiger partial charge in [0.25, 0.3) is 0 Å². The van der Waals surface area contributed by atoms with Crippen molar-refractivity contribution in [3.63, 3.8) is 0 Å². The van der Waals surface area contributed by atoms with E-state index in [0.29, 0.717) is 5.75 Å². The molecule has 0 atom stereocenters. The van der Waals surface area contributed by atoms with Crippen LogP contribution in [-0.4, -0.2) is 22.9 Å². The second kappa shape index (κ2) is 5.95. The third-order valence-electron chi connectivity index (χ3n) is 1.90. The minimum Gasteiger partial charge on any atom is -0.277 e. The van der Waals surface area contributed by atoms with Crippen molar-refractivity contribution in [1.82, 2.24) is 4.31 Å². The summed E-state index contributed by atoms with van der Waals surface area (Å²) in [5.74, 6) is -0.250. The van der Waals surface area contributed by atoms with Gasteiger partial charge in [-0.2, -0.15) is 13.2 Å². The van der Waals surface area contributed by atoms with E-state index >= 15 is 0 Å². The van der Waals surface area contributed by atoms with Crippen molar-refractivity contribution in [1.29, 1.82) is 0 Å². The van der Waals surface area contributed by atoms with Gasteiger partial charge in [0.15, 0.2) is 0 Å². The molecule has 0 aromatic heterocycles. The van der Waals surface area contributed by atoms with Gasteiger partial charge in [-0.05, 0) is 17.5 Å². The molecule has 1 aromatic rings. The summed E-state index contributed by atoms with van der Waals surface area (Å²) in [5.41, 5.74) is 0.880. The van der Waals surface area contributed by atoms with Crippen LogP contribution < -0.4 is 0 Å². The highest BCUT2D eigenvalue weighted by Gasteiger charge is 2.32. The van der Waals surface area contributed by atoms with E-state index in [1.165, 1.54) is 0 Å². The van der Waals surface area contributed by atoms with Gasteiger partial charge in [-0.3, -0.25) is 9.10 Å². The Balaban J connectivity index is 2.54. The average Bonchev–Trinajstić information content (AvgIpc) is 2.24. The summed E-state index contributed by atoms with van der Waals surface area (Å²) in [5, 5.41) is 0. The van der Waals surface area contributed by atoms with E-state index in [2.05, 4.69) is 0 Å². The maximum absolute atomic E-state index is 12.2. The highest BCUT2D eigenvalue weighted by Crippen LogP contribution is 2.24. The van der Waals surface area contributed by atoms with Crippen LogP contribution in [0.5, 0.6) is 0 Å². The van der Waals surface area contributed by atoms with E-state index in [4.69, 9.17) is 0 Å². The first kappa shape index (κ1) is 13.9. The molecule has 1 aromatic carbocycles. The van der Waals surface area contributed by atoms with E-state index < -0.39 is 18.6 Å². The maximum Gasteiger partial charge on any atom is 0.407 e. The number of benzene rings is 1. The van der Waals surface area contributed by atoms with Crippen LogP contribution in [0.3, 0.4) is 0 Å². The summed E-state index contributed by atoms with van der Waals surface area (Å²) in [7, 11) is 0. The van der Waals surface area contributed by atoms with E-state index in [0.717, 1.165) is 28.7 Å². The van der Waals surface area contributed by atoms with Crippen LogP contribution in [0.15, 0.2) is 30.3 Å². The van der Waals surface area contributed by atoms with Gasteiger partial charge in [-0.15, -0.1) is 0 Å². The fraction of sp³-hybridized carbons (Fsp3) is 0.364. The van der Waals surface area contributed by atoms with Crippen LogP contribution in [0.1, 0.15) is 12.5 Å². The summed E-state index contributed by atoms with van der Waals surface area (Å²) in [6.45, 7) is -0.0937. The van der Waals surface area contributed by atoms with Crippen molar-refractivity contribution in [2.45, 2.75) is 18.9 Å². The lowest BCUT2D eigenvalue weighted by atomic mass is 10.2. The fourth-order valence-corrected chi connectivity index (χ4v) is 2.05. The number of carbonyl (C=O) groups excluding carboxylic acids is 1. The summed E-state index contributed by atoms with van der Waals surface area (Å²) in [6, 6.07) is 9.04. The third-order valence-corrected chi connectivity index (χ3v) is 3.06. The van der Waals surface area contributed by atoms with E-state index in [1.807, 2.05) is 6.07 Å². The summed E-state index contributed by atoms with van der Waals surface area (Å²) in [4.78, 5) is 11.0. The van der Waals surface area contributed by atoms with Crippen molar-refractivity contribution in [3.8, 4) is 0 Å². The molecular formula is C11H12F3NOS. The van der Waals surface area contributed by atoms with Gasteiger partial charge in [0.2, 0.25) is 5.91 Å². The van der Waals surface area contributed by atoms with Crippen LogP contribution >= 0.6 is 11.9 Å². The van der Waals surface area contributed by atoms with E-state index in [1.54, 1.807) is 24.3 Å². The van der Waals surface area contributed by atoms with Gasteiger partial charge >= 0.3 is 6.18 Å². The lowest BCUT2D eigenvalue weighted by Gasteiger charge is -2.20. The van der Waals surface area contributed by atoms with Crippen molar-refractivity contribution in [2.24, 2.45) is 0 Å². The molecule has 1 amide bonds. The number of alkyl halides is 3. The van der Waals surface area contributed by atoms with Crippen LogP contribution in [0.4, 0.5) is 13.2 Å². The minimum atomic E-state index is -4.37. The maximum atomic E-state index is 12.2. The number of hydrogen-bond donors (Lipinski definition) is 0. The summed E-state index contributed by atoms with van der Waals surface area (Å²) < 4.78 is 37.3. The lowest BCUT2D eigenvalue weighted by molar-refractivity contribution is -0.148. The molecule has 94 valence electrons. The number of halogens is 3. The number of carbonyl (C=O) groups is 1. The monoisotopic (exact) mass is 263 g/mol. The highest BCUT2D eigenvalue weighted by molar-refractivity contribution is 7.96. The average molecular weight is 263 g/mol. The zero-order valence-electron chi connectivity index (χ0n) is 9.20. The summed E-state index contributed by atoms with van der Waals surface area (Å²) in [6.07, 6.45) is -4.37. The molecular weight excluding hydrogens is 251 g/mol.